The van der Waals surface area contributed by atoms with E-state index in [-0.39, 0.29) is 10.6 Å². The Morgan fingerprint density at radius 2 is 1.41 bits per heavy atom. The van der Waals surface area contributed by atoms with Gasteiger partial charge in [-0.3, -0.25) is 4.79 Å². The number of rotatable bonds is 15. The SMILES string of the molecule is CCCCCCCCCCOC(=O)CCCCC[N+](C)(C)[O-]. The van der Waals surface area contributed by atoms with E-state index in [1.807, 2.05) is 0 Å². The van der Waals surface area contributed by atoms with E-state index >= 15 is 0 Å². The molecule has 4 heteroatoms. The van der Waals surface area contributed by atoms with E-state index in [9.17, 15) is 10.0 Å². The molecule has 0 unspecified atom stereocenters. The van der Waals surface area contributed by atoms with Crippen LogP contribution >= 0.6 is 0 Å². The van der Waals surface area contributed by atoms with E-state index in [0.717, 1.165) is 32.1 Å². The van der Waals surface area contributed by atoms with Gasteiger partial charge in [0.05, 0.1) is 27.2 Å². The van der Waals surface area contributed by atoms with Gasteiger partial charge in [-0.05, 0) is 25.7 Å². The van der Waals surface area contributed by atoms with Crippen LogP contribution in [-0.2, 0) is 9.53 Å². The van der Waals surface area contributed by atoms with E-state index in [1.165, 1.54) is 38.5 Å². The summed E-state index contributed by atoms with van der Waals surface area (Å²) in [5.41, 5.74) is 0. The van der Waals surface area contributed by atoms with Crippen LogP contribution in [0.2, 0.25) is 0 Å². The van der Waals surface area contributed by atoms with Crippen LogP contribution in [0.5, 0.6) is 0 Å². The minimum Gasteiger partial charge on any atom is -0.633 e. The number of hydroxylamine groups is 3. The van der Waals surface area contributed by atoms with E-state index in [1.54, 1.807) is 14.1 Å². The first-order valence-electron chi connectivity index (χ1n) is 9.15. The van der Waals surface area contributed by atoms with Crippen molar-refractivity contribution in [3.63, 3.8) is 0 Å². The fraction of sp³-hybridized carbons (Fsp3) is 0.944. The van der Waals surface area contributed by atoms with Crippen LogP contribution in [0.25, 0.3) is 0 Å². The van der Waals surface area contributed by atoms with Crippen molar-refractivity contribution >= 4 is 5.97 Å². The number of carbonyl (C=O) groups is 1. The molecule has 0 bridgehead atoms. The molecule has 0 aromatic rings. The summed E-state index contributed by atoms with van der Waals surface area (Å²) in [6.07, 6.45) is 13.2. The standard InChI is InChI=1S/C18H37NO3/c1-4-5-6-7-8-9-10-14-17-22-18(20)15-12-11-13-16-19(2,3)21/h4-17H2,1-3H3. The van der Waals surface area contributed by atoms with Gasteiger partial charge in [0, 0.05) is 6.42 Å². The normalized spacial score (nSPS) is 11.6. The number of nitrogens with zero attached hydrogens (tertiary/aromatic N) is 1. The summed E-state index contributed by atoms with van der Waals surface area (Å²) in [6, 6.07) is 0. The zero-order valence-corrected chi connectivity index (χ0v) is 15.1. The predicted molar refractivity (Wildman–Crippen MR) is 92.4 cm³/mol. The van der Waals surface area contributed by atoms with Crippen LogP contribution in [0, 0.1) is 5.21 Å². The van der Waals surface area contributed by atoms with Gasteiger partial charge < -0.3 is 14.6 Å². The zero-order valence-electron chi connectivity index (χ0n) is 15.1. The Labute approximate surface area is 137 Å². The molecule has 0 aliphatic rings. The van der Waals surface area contributed by atoms with Gasteiger partial charge in [-0.1, -0.05) is 51.9 Å². The molecule has 0 fully saturated rings. The molecule has 0 atom stereocenters. The van der Waals surface area contributed by atoms with Crippen molar-refractivity contribution in [2.45, 2.75) is 84.0 Å². The molecular formula is C18H37NO3. The maximum Gasteiger partial charge on any atom is 0.305 e. The van der Waals surface area contributed by atoms with Crippen LogP contribution in [0.15, 0.2) is 0 Å². The number of unbranched alkanes of at least 4 members (excludes halogenated alkanes) is 9. The summed E-state index contributed by atoms with van der Waals surface area (Å²) in [7, 11) is 3.30. The molecule has 0 N–H and O–H groups in total. The second-order valence-electron chi connectivity index (χ2n) is 6.80. The average Bonchev–Trinajstić information content (AvgIpc) is 2.44. The topological polar surface area (TPSA) is 49.4 Å². The van der Waals surface area contributed by atoms with Gasteiger partial charge in [-0.2, -0.15) is 0 Å². The van der Waals surface area contributed by atoms with E-state index < -0.39 is 0 Å². The fourth-order valence-corrected chi connectivity index (χ4v) is 2.43. The molecule has 132 valence electrons. The highest BCUT2D eigenvalue weighted by atomic mass is 16.5. The highest BCUT2D eigenvalue weighted by Crippen LogP contribution is 2.09. The first kappa shape index (κ1) is 21.4. The predicted octanol–water partition coefficient (Wildman–Crippen LogP) is 4.80. The van der Waals surface area contributed by atoms with Crippen LogP contribution in [-0.4, -0.2) is 37.9 Å². The molecule has 0 aliphatic carbocycles. The number of hydrogen-bond donors (Lipinski definition) is 0. The van der Waals surface area contributed by atoms with Gasteiger partial charge >= 0.3 is 5.97 Å². The summed E-state index contributed by atoms with van der Waals surface area (Å²) < 4.78 is 4.98. The molecule has 0 saturated heterocycles. The molecule has 0 heterocycles. The van der Waals surface area contributed by atoms with Crippen LogP contribution in [0.3, 0.4) is 0 Å². The molecule has 0 aromatic heterocycles. The van der Waals surface area contributed by atoms with Gasteiger partial charge in [0.15, 0.2) is 0 Å². The summed E-state index contributed by atoms with van der Waals surface area (Å²) in [6.45, 7) is 3.42. The first-order chi connectivity index (χ1) is 10.5. The highest BCUT2D eigenvalue weighted by Gasteiger charge is 2.04. The number of esters is 1. The maximum atomic E-state index is 11.5. The minimum atomic E-state index is -0.247. The summed E-state index contributed by atoms with van der Waals surface area (Å²) in [4.78, 5) is 11.5. The van der Waals surface area contributed by atoms with Gasteiger partial charge in [-0.15, -0.1) is 0 Å². The quantitative estimate of drug-likeness (QED) is 0.189. The monoisotopic (exact) mass is 315 g/mol. The Hall–Kier alpha value is -0.610. The summed E-state index contributed by atoms with van der Waals surface area (Å²) in [5.74, 6) is -0.0844. The van der Waals surface area contributed by atoms with Crippen LogP contribution in [0.4, 0.5) is 0 Å². The first-order valence-corrected chi connectivity index (χ1v) is 9.15. The van der Waals surface area contributed by atoms with Crippen molar-refractivity contribution in [2.24, 2.45) is 0 Å². The lowest BCUT2D eigenvalue weighted by Crippen LogP contribution is -2.32. The van der Waals surface area contributed by atoms with Gasteiger partial charge in [-0.25, -0.2) is 0 Å². The molecule has 0 rings (SSSR count). The van der Waals surface area contributed by atoms with Gasteiger partial charge in [0.25, 0.3) is 0 Å². The molecular weight excluding hydrogens is 278 g/mol. The lowest BCUT2D eigenvalue weighted by molar-refractivity contribution is -0.840. The molecule has 0 spiro atoms. The minimum absolute atomic E-state index is 0.0844. The van der Waals surface area contributed by atoms with Crippen molar-refractivity contribution in [1.29, 1.82) is 0 Å². The molecule has 0 aliphatic heterocycles. The van der Waals surface area contributed by atoms with Crippen molar-refractivity contribution < 1.29 is 14.2 Å². The molecule has 0 amide bonds. The Morgan fingerprint density at radius 1 is 0.864 bits per heavy atom. The third kappa shape index (κ3) is 17.4. The van der Waals surface area contributed by atoms with Crippen molar-refractivity contribution in [2.75, 3.05) is 27.2 Å². The number of carbonyl (C=O) groups excluding carboxylic acids is 1. The number of quaternary nitrogens is 1. The lowest BCUT2D eigenvalue weighted by atomic mass is 10.1. The summed E-state index contributed by atoms with van der Waals surface area (Å²) >= 11 is 0. The van der Waals surface area contributed by atoms with Crippen molar-refractivity contribution in [3.05, 3.63) is 5.21 Å². The van der Waals surface area contributed by atoms with Gasteiger partial charge in [0.2, 0.25) is 0 Å². The van der Waals surface area contributed by atoms with Crippen molar-refractivity contribution in [3.8, 4) is 0 Å². The largest absolute Gasteiger partial charge is 0.633 e. The Kier molecular flexibility index (Phi) is 13.6. The van der Waals surface area contributed by atoms with E-state index in [4.69, 9.17) is 4.74 Å². The third-order valence-corrected chi connectivity index (χ3v) is 3.84. The third-order valence-electron chi connectivity index (χ3n) is 3.84. The Morgan fingerprint density at radius 3 is 2.00 bits per heavy atom. The average molecular weight is 315 g/mol. The number of hydrogen-bond acceptors (Lipinski definition) is 3. The molecule has 22 heavy (non-hydrogen) atoms. The van der Waals surface area contributed by atoms with Gasteiger partial charge in [0.1, 0.15) is 0 Å². The lowest BCUT2D eigenvalue weighted by Gasteiger charge is -2.33. The smallest absolute Gasteiger partial charge is 0.305 e. The second-order valence-corrected chi connectivity index (χ2v) is 6.80. The van der Waals surface area contributed by atoms with Crippen LogP contribution < -0.4 is 0 Å². The Balaban J connectivity index is 3.23. The fourth-order valence-electron chi connectivity index (χ4n) is 2.43. The maximum absolute atomic E-state index is 11.5. The Bertz CT molecular complexity index is 262. The molecule has 0 radical (unpaired) electrons. The number of ether oxygens (including phenoxy) is 1. The zero-order chi connectivity index (χ0) is 16.7. The van der Waals surface area contributed by atoms with Crippen molar-refractivity contribution in [1.82, 2.24) is 0 Å². The molecule has 0 saturated carbocycles. The second kappa shape index (κ2) is 14.0. The van der Waals surface area contributed by atoms with Crippen LogP contribution in [0.1, 0.15) is 84.0 Å². The highest BCUT2D eigenvalue weighted by molar-refractivity contribution is 5.69. The summed E-state index contributed by atoms with van der Waals surface area (Å²) in [5, 5.41) is 11.3. The van der Waals surface area contributed by atoms with E-state index in [2.05, 4.69) is 6.92 Å². The molecule has 4 nitrogen and oxygen atoms in total. The van der Waals surface area contributed by atoms with E-state index in [0.29, 0.717) is 19.6 Å². The molecule has 0 aromatic carbocycles.